The molecule has 5 heterocycles. The van der Waals surface area contributed by atoms with Crippen LogP contribution in [-0.2, 0) is 20.9 Å². The molecule has 13 heteroatoms. The van der Waals surface area contributed by atoms with Crippen LogP contribution in [0.1, 0.15) is 82.5 Å². The fourth-order valence-corrected chi connectivity index (χ4v) is 7.68. The predicted molar refractivity (Wildman–Crippen MR) is 182 cm³/mol. The Balaban J connectivity index is 0.852. The van der Waals surface area contributed by atoms with Gasteiger partial charge in [-0.1, -0.05) is 6.07 Å². The highest BCUT2D eigenvalue weighted by atomic mass is 16.5. The second-order valence-corrected chi connectivity index (χ2v) is 14.2. The number of ether oxygens (including phenoxy) is 1. The lowest BCUT2D eigenvalue weighted by molar-refractivity contribution is -0.136. The third-order valence-corrected chi connectivity index (χ3v) is 10.7. The number of benzene rings is 2. The normalized spacial score (nSPS) is 24.0. The van der Waals surface area contributed by atoms with Gasteiger partial charge < -0.3 is 10.1 Å². The molecule has 4 amide bonds. The van der Waals surface area contributed by atoms with E-state index in [2.05, 4.69) is 44.6 Å². The number of hydrogen-bond acceptors (Lipinski definition) is 10. The molecule has 1 atom stereocenters. The van der Waals surface area contributed by atoms with E-state index in [-0.39, 0.29) is 24.0 Å². The van der Waals surface area contributed by atoms with Crippen molar-refractivity contribution in [3.8, 4) is 11.3 Å². The molecule has 4 aromatic rings. The van der Waals surface area contributed by atoms with Gasteiger partial charge in [-0.3, -0.25) is 44.0 Å². The number of amides is 4. The van der Waals surface area contributed by atoms with Crippen molar-refractivity contribution in [2.75, 3.05) is 38.2 Å². The number of carbonyl (C=O) groups excluding carboxylic acids is 4. The minimum absolute atomic E-state index is 0.0924. The predicted octanol–water partition coefficient (Wildman–Crippen LogP) is 3.67. The smallest absolute Gasteiger partial charge is 0.262 e. The number of rotatable bonds is 9. The maximum atomic E-state index is 13.2. The number of fused-ring (bicyclic) bond motifs is 2. The number of carbonyl (C=O) groups is 4. The van der Waals surface area contributed by atoms with Crippen molar-refractivity contribution in [1.82, 2.24) is 34.9 Å². The number of nitrogens with zero attached hydrogens (tertiary/aromatic N) is 6. The summed E-state index contributed by atoms with van der Waals surface area (Å²) in [6.45, 7) is 5.03. The lowest BCUT2D eigenvalue weighted by Gasteiger charge is -2.35. The third kappa shape index (κ3) is 5.73. The fraction of sp³-hybridized carbons (Fsp3) is 0.432. The molecule has 13 nitrogen and oxygen atoms in total. The molecule has 2 N–H and O–H groups in total. The maximum absolute atomic E-state index is 13.2. The number of piperidine rings is 1. The van der Waals surface area contributed by atoms with Crippen molar-refractivity contribution in [1.29, 1.82) is 0 Å². The van der Waals surface area contributed by atoms with E-state index >= 15 is 0 Å². The molecule has 50 heavy (non-hydrogen) atoms. The van der Waals surface area contributed by atoms with Crippen molar-refractivity contribution in [3.63, 3.8) is 0 Å². The first-order chi connectivity index (χ1) is 24.4. The lowest BCUT2D eigenvalue weighted by Crippen LogP contribution is -2.54. The zero-order valence-corrected chi connectivity index (χ0v) is 27.6. The van der Waals surface area contributed by atoms with Gasteiger partial charge >= 0.3 is 0 Å². The monoisotopic (exact) mass is 674 g/mol. The first-order valence-corrected chi connectivity index (χ1v) is 17.6. The van der Waals surface area contributed by atoms with Gasteiger partial charge in [-0.15, -0.1) is 0 Å². The summed E-state index contributed by atoms with van der Waals surface area (Å²) < 4.78 is 7.63. The summed E-state index contributed by atoms with van der Waals surface area (Å²) in [6.07, 6.45) is 8.50. The van der Waals surface area contributed by atoms with E-state index in [1.54, 1.807) is 18.2 Å². The van der Waals surface area contributed by atoms with E-state index in [9.17, 15) is 19.2 Å². The highest BCUT2D eigenvalue weighted by Gasteiger charge is 2.44. The highest BCUT2D eigenvalue weighted by molar-refractivity contribution is 6.23. The zero-order chi connectivity index (χ0) is 33.9. The molecule has 0 spiro atoms. The molecular weight excluding hydrogens is 636 g/mol. The number of hydrogen-bond donors (Lipinski definition) is 2. The first-order valence-electron chi connectivity index (χ1n) is 17.6. The second-order valence-electron chi connectivity index (χ2n) is 14.2. The Hall–Kier alpha value is -5.01. The number of aromatic nitrogens is 4. The molecule has 256 valence electrons. The van der Waals surface area contributed by atoms with Crippen molar-refractivity contribution in [2.45, 2.75) is 63.1 Å². The van der Waals surface area contributed by atoms with Gasteiger partial charge in [-0.2, -0.15) is 5.10 Å². The number of nitrogens with one attached hydrogen (secondary N) is 2. The summed E-state index contributed by atoms with van der Waals surface area (Å²) >= 11 is 0. The standard InChI is InChI=1S/C37H38N8O5/c46-33-8-7-32(35(47)41-33)45-36(48)26-5-4-24(16-27(26)37(45)49)38-17-22-13-25(14-22)44-20-28(34(42-44)23-2-3-23)31-18-39-29-6-1-21(15-30(29)40-31)19-43-9-11-50-12-10-43/h1,4-6,15-16,18,20,22-23,25,32,38H,2-3,7-14,17,19H2,(H,41,46,47). The molecule has 2 aliphatic carbocycles. The van der Waals surface area contributed by atoms with Crippen LogP contribution in [0.5, 0.6) is 0 Å². The zero-order valence-electron chi connectivity index (χ0n) is 27.6. The number of morpholine rings is 1. The second kappa shape index (κ2) is 12.4. The topological polar surface area (TPSA) is 152 Å². The Kier molecular flexibility index (Phi) is 7.69. The molecule has 4 fully saturated rings. The Bertz CT molecular complexity index is 2040. The Morgan fingerprint density at radius 2 is 1.72 bits per heavy atom. The molecule has 5 aliphatic rings. The van der Waals surface area contributed by atoms with Crippen molar-refractivity contribution in [2.24, 2.45) is 5.92 Å². The van der Waals surface area contributed by atoms with E-state index in [0.717, 1.165) is 104 Å². The highest BCUT2D eigenvalue weighted by Crippen LogP contribution is 2.45. The van der Waals surface area contributed by atoms with Gasteiger partial charge in [0.05, 0.1) is 59.0 Å². The first kappa shape index (κ1) is 31.0. The van der Waals surface area contributed by atoms with Gasteiger partial charge in [-0.25, -0.2) is 4.98 Å². The molecule has 0 bridgehead atoms. The Morgan fingerprint density at radius 1 is 0.900 bits per heavy atom. The third-order valence-electron chi connectivity index (χ3n) is 10.7. The van der Waals surface area contributed by atoms with Crippen LogP contribution in [0.15, 0.2) is 48.8 Å². The van der Waals surface area contributed by atoms with Crippen molar-refractivity contribution < 1.29 is 23.9 Å². The van der Waals surface area contributed by atoms with Gasteiger partial charge in [0.2, 0.25) is 11.8 Å². The minimum atomic E-state index is -0.974. The maximum Gasteiger partial charge on any atom is 0.262 e. The van der Waals surface area contributed by atoms with E-state index in [1.165, 1.54) is 5.56 Å². The van der Waals surface area contributed by atoms with Crippen LogP contribution in [0.25, 0.3) is 22.3 Å². The molecule has 2 saturated heterocycles. The van der Waals surface area contributed by atoms with E-state index < -0.39 is 29.7 Å². The summed E-state index contributed by atoms with van der Waals surface area (Å²) in [7, 11) is 0. The summed E-state index contributed by atoms with van der Waals surface area (Å²) in [5.74, 6) is -1.11. The van der Waals surface area contributed by atoms with E-state index in [0.29, 0.717) is 17.9 Å². The largest absolute Gasteiger partial charge is 0.385 e. The van der Waals surface area contributed by atoms with Crippen LogP contribution in [0.3, 0.4) is 0 Å². The number of anilines is 1. The summed E-state index contributed by atoms with van der Waals surface area (Å²) in [5, 5.41) is 10.8. The van der Waals surface area contributed by atoms with Crippen LogP contribution in [-0.4, -0.2) is 92.1 Å². The fourth-order valence-electron chi connectivity index (χ4n) is 7.68. The summed E-state index contributed by atoms with van der Waals surface area (Å²) in [4.78, 5) is 63.5. The minimum Gasteiger partial charge on any atom is -0.385 e. The molecule has 1 unspecified atom stereocenters. The molecule has 2 aromatic heterocycles. The van der Waals surface area contributed by atoms with Gasteiger partial charge in [0, 0.05) is 56.0 Å². The average molecular weight is 675 g/mol. The molecule has 2 aromatic carbocycles. The molecular formula is C37H38N8O5. The van der Waals surface area contributed by atoms with Gasteiger partial charge in [0.15, 0.2) is 0 Å². The van der Waals surface area contributed by atoms with Gasteiger partial charge in [0.1, 0.15) is 6.04 Å². The Morgan fingerprint density at radius 3 is 2.52 bits per heavy atom. The lowest BCUT2D eigenvalue weighted by atomic mass is 9.80. The van der Waals surface area contributed by atoms with Crippen LogP contribution in [0.2, 0.25) is 0 Å². The molecule has 2 saturated carbocycles. The van der Waals surface area contributed by atoms with Crippen LogP contribution in [0.4, 0.5) is 5.69 Å². The van der Waals surface area contributed by atoms with Crippen LogP contribution < -0.4 is 10.6 Å². The average Bonchev–Trinajstić information content (AvgIpc) is 3.81. The summed E-state index contributed by atoms with van der Waals surface area (Å²) in [5.41, 5.74) is 7.38. The van der Waals surface area contributed by atoms with Crippen molar-refractivity contribution in [3.05, 3.63) is 71.2 Å². The molecule has 3 aliphatic heterocycles. The van der Waals surface area contributed by atoms with E-state index in [4.69, 9.17) is 19.8 Å². The molecule has 0 radical (unpaired) electrons. The van der Waals surface area contributed by atoms with Gasteiger partial charge in [-0.05, 0) is 73.9 Å². The Labute approximate surface area is 288 Å². The molecule has 9 rings (SSSR count). The number of imide groups is 2. The SMILES string of the molecule is O=C1CCC(N2C(=O)c3ccc(NCC4CC(n5cc(-c6cnc7ccc(CN8CCOCC8)cc7n6)c(C6CC6)n5)C4)cc3C2=O)C(=O)N1. The van der Waals surface area contributed by atoms with Gasteiger partial charge in [0.25, 0.3) is 11.8 Å². The van der Waals surface area contributed by atoms with Crippen molar-refractivity contribution >= 4 is 40.3 Å². The van der Waals surface area contributed by atoms with E-state index in [1.807, 2.05) is 6.20 Å². The summed E-state index contributed by atoms with van der Waals surface area (Å²) in [6, 6.07) is 10.8. The van der Waals surface area contributed by atoms with Crippen LogP contribution >= 0.6 is 0 Å². The quantitative estimate of drug-likeness (QED) is 0.252. The van der Waals surface area contributed by atoms with Crippen LogP contribution in [0, 0.1) is 5.92 Å².